The van der Waals surface area contributed by atoms with Crippen LogP contribution in [-0.4, -0.2) is 26.0 Å². The second-order valence-corrected chi connectivity index (χ2v) is 8.89. The summed E-state index contributed by atoms with van der Waals surface area (Å²) in [6, 6.07) is 6.15. The lowest BCUT2D eigenvalue weighted by molar-refractivity contribution is -0.120. The first-order chi connectivity index (χ1) is 12.9. The Morgan fingerprint density at radius 2 is 1.85 bits per heavy atom. The number of hydrogen-bond acceptors (Lipinski definition) is 4. The first kappa shape index (κ1) is 21.5. The van der Waals surface area contributed by atoms with E-state index in [0.717, 1.165) is 6.42 Å². The lowest BCUT2D eigenvalue weighted by Crippen LogP contribution is -2.34. The quantitative estimate of drug-likeness (QED) is 0.453. The van der Waals surface area contributed by atoms with E-state index < -0.39 is 10.0 Å². The van der Waals surface area contributed by atoms with Crippen LogP contribution >= 0.6 is 12.2 Å². The molecule has 1 aliphatic carbocycles. The average molecular weight is 410 g/mol. The zero-order valence-corrected chi connectivity index (χ0v) is 17.0. The highest BCUT2D eigenvalue weighted by Crippen LogP contribution is 2.27. The molecule has 1 aromatic rings. The number of sulfonamides is 1. The van der Waals surface area contributed by atoms with Crippen LogP contribution < -0.4 is 15.4 Å². The molecule has 0 bridgehead atoms. The van der Waals surface area contributed by atoms with Crippen molar-refractivity contribution in [3.63, 3.8) is 0 Å². The molecule has 1 aliphatic rings. The Bertz CT molecular complexity index is 755. The number of rotatable bonds is 8. The fraction of sp³-hybridized carbons (Fsp3) is 0.474. The third-order valence-electron chi connectivity index (χ3n) is 4.60. The SMILES string of the molecule is C=CCNS(=O)(=O)c1ccc(NC(=S)NC(=O)CCC2CCCCC2)cc1. The predicted octanol–water partition coefficient (Wildman–Crippen LogP) is 3.32. The van der Waals surface area contributed by atoms with Gasteiger partial charge in [0.2, 0.25) is 15.9 Å². The highest BCUT2D eigenvalue weighted by Gasteiger charge is 2.16. The first-order valence-corrected chi connectivity index (χ1v) is 11.1. The third-order valence-corrected chi connectivity index (χ3v) is 6.24. The molecule has 1 amide bonds. The van der Waals surface area contributed by atoms with E-state index in [1.165, 1.54) is 50.3 Å². The van der Waals surface area contributed by atoms with Gasteiger partial charge in [0.1, 0.15) is 0 Å². The molecule has 1 saturated carbocycles. The molecule has 8 heteroatoms. The minimum absolute atomic E-state index is 0.0918. The summed E-state index contributed by atoms with van der Waals surface area (Å²) in [5.41, 5.74) is 0.607. The molecule has 3 N–H and O–H groups in total. The van der Waals surface area contributed by atoms with Crippen LogP contribution in [0, 0.1) is 5.92 Å². The molecule has 6 nitrogen and oxygen atoms in total. The topological polar surface area (TPSA) is 87.3 Å². The fourth-order valence-corrected chi connectivity index (χ4v) is 4.36. The Hall–Kier alpha value is -1.77. The number of nitrogens with one attached hydrogen (secondary N) is 3. The van der Waals surface area contributed by atoms with Crippen LogP contribution in [0.4, 0.5) is 5.69 Å². The van der Waals surface area contributed by atoms with Gasteiger partial charge >= 0.3 is 0 Å². The largest absolute Gasteiger partial charge is 0.332 e. The second kappa shape index (κ2) is 10.5. The normalized spacial score (nSPS) is 15.1. The van der Waals surface area contributed by atoms with Gasteiger partial charge in [-0.3, -0.25) is 4.79 Å². The molecule has 0 aliphatic heterocycles. The van der Waals surface area contributed by atoms with Gasteiger partial charge in [-0.1, -0.05) is 38.2 Å². The second-order valence-electron chi connectivity index (χ2n) is 6.71. The molecular weight excluding hydrogens is 382 g/mol. The van der Waals surface area contributed by atoms with E-state index >= 15 is 0 Å². The van der Waals surface area contributed by atoms with Gasteiger partial charge in [-0.05, 0) is 48.8 Å². The van der Waals surface area contributed by atoms with Crippen molar-refractivity contribution in [1.29, 1.82) is 0 Å². The Morgan fingerprint density at radius 1 is 1.19 bits per heavy atom. The van der Waals surface area contributed by atoms with Gasteiger partial charge in [-0.15, -0.1) is 6.58 Å². The van der Waals surface area contributed by atoms with Crippen molar-refractivity contribution in [1.82, 2.24) is 10.0 Å². The van der Waals surface area contributed by atoms with Crippen molar-refractivity contribution in [2.75, 3.05) is 11.9 Å². The van der Waals surface area contributed by atoms with Crippen molar-refractivity contribution < 1.29 is 13.2 Å². The number of carbonyl (C=O) groups is 1. The van der Waals surface area contributed by atoms with Gasteiger partial charge < -0.3 is 10.6 Å². The minimum Gasteiger partial charge on any atom is -0.332 e. The average Bonchev–Trinajstić information content (AvgIpc) is 2.66. The molecule has 27 heavy (non-hydrogen) atoms. The van der Waals surface area contributed by atoms with Crippen molar-refractivity contribution in [3.8, 4) is 0 Å². The zero-order valence-electron chi connectivity index (χ0n) is 15.4. The van der Waals surface area contributed by atoms with Crippen molar-refractivity contribution in [2.24, 2.45) is 5.92 Å². The Morgan fingerprint density at radius 3 is 2.48 bits per heavy atom. The van der Waals surface area contributed by atoms with Gasteiger partial charge in [-0.25, -0.2) is 13.1 Å². The van der Waals surface area contributed by atoms with Crippen molar-refractivity contribution in [3.05, 3.63) is 36.9 Å². The van der Waals surface area contributed by atoms with Crippen LogP contribution in [0.3, 0.4) is 0 Å². The van der Waals surface area contributed by atoms with E-state index in [4.69, 9.17) is 12.2 Å². The molecule has 0 radical (unpaired) electrons. The van der Waals surface area contributed by atoms with Gasteiger partial charge in [0.25, 0.3) is 0 Å². The summed E-state index contributed by atoms with van der Waals surface area (Å²) in [5.74, 6) is 0.557. The molecule has 2 rings (SSSR count). The zero-order chi connectivity index (χ0) is 19.7. The molecule has 0 atom stereocenters. The Balaban J connectivity index is 1.79. The summed E-state index contributed by atoms with van der Waals surface area (Å²) in [6.07, 6.45) is 9.11. The highest BCUT2D eigenvalue weighted by molar-refractivity contribution is 7.89. The summed E-state index contributed by atoms with van der Waals surface area (Å²) >= 11 is 5.16. The smallest absolute Gasteiger partial charge is 0.240 e. The van der Waals surface area contributed by atoms with E-state index in [9.17, 15) is 13.2 Å². The van der Waals surface area contributed by atoms with E-state index in [-0.39, 0.29) is 22.5 Å². The first-order valence-electron chi connectivity index (χ1n) is 9.22. The van der Waals surface area contributed by atoms with Crippen molar-refractivity contribution in [2.45, 2.75) is 49.8 Å². The van der Waals surface area contributed by atoms with Gasteiger partial charge in [-0.2, -0.15) is 0 Å². The summed E-state index contributed by atoms with van der Waals surface area (Å²) in [5, 5.41) is 5.79. The predicted molar refractivity (Wildman–Crippen MR) is 112 cm³/mol. The monoisotopic (exact) mass is 409 g/mol. The molecule has 0 aromatic heterocycles. The van der Waals surface area contributed by atoms with Crippen LogP contribution in [-0.2, 0) is 14.8 Å². The molecule has 148 valence electrons. The number of hydrogen-bond donors (Lipinski definition) is 3. The molecule has 1 aromatic carbocycles. The molecule has 0 heterocycles. The number of carbonyl (C=O) groups excluding carboxylic acids is 1. The maximum Gasteiger partial charge on any atom is 0.240 e. The number of anilines is 1. The van der Waals surface area contributed by atoms with Gasteiger partial charge in [0.15, 0.2) is 5.11 Å². The summed E-state index contributed by atoms with van der Waals surface area (Å²) < 4.78 is 26.4. The Kier molecular flexibility index (Phi) is 8.40. The number of benzene rings is 1. The van der Waals surface area contributed by atoms with Crippen LogP contribution in [0.25, 0.3) is 0 Å². The minimum atomic E-state index is -3.56. The van der Waals surface area contributed by atoms with Gasteiger partial charge in [0.05, 0.1) is 4.90 Å². The molecule has 0 unspecified atom stereocenters. The summed E-state index contributed by atoms with van der Waals surface area (Å²) in [7, 11) is -3.56. The Labute approximate surface area is 166 Å². The molecule has 0 spiro atoms. The standard InChI is InChI=1S/C19H27N3O3S2/c1-2-14-20-27(24,25)17-11-9-16(10-12-17)21-19(26)22-18(23)13-8-15-6-4-3-5-7-15/h2,9-12,15,20H,1,3-8,13-14H2,(H2,21,22,23,26). The molecule has 0 saturated heterocycles. The van der Waals surface area contributed by atoms with Crippen LogP contribution in [0.2, 0.25) is 0 Å². The van der Waals surface area contributed by atoms with Crippen molar-refractivity contribution >= 4 is 38.9 Å². The fourth-order valence-electron chi connectivity index (χ4n) is 3.13. The lowest BCUT2D eigenvalue weighted by atomic mass is 9.86. The van der Waals surface area contributed by atoms with Gasteiger partial charge in [0, 0.05) is 18.7 Å². The maximum absolute atomic E-state index is 12.0. The van der Waals surface area contributed by atoms with E-state index in [1.54, 1.807) is 12.1 Å². The van der Waals surface area contributed by atoms with E-state index in [2.05, 4.69) is 21.9 Å². The summed E-state index contributed by atoms with van der Waals surface area (Å²) in [4.78, 5) is 12.2. The highest BCUT2D eigenvalue weighted by atomic mass is 32.2. The van der Waals surface area contributed by atoms with Crippen LogP contribution in [0.15, 0.2) is 41.8 Å². The van der Waals surface area contributed by atoms with E-state index in [0.29, 0.717) is 18.0 Å². The number of amides is 1. The third kappa shape index (κ3) is 7.40. The van der Waals surface area contributed by atoms with Crippen LogP contribution in [0.1, 0.15) is 44.9 Å². The lowest BCUT2D eigenvalue weighted by Gasteiger charge is -2.21. The molecule has 1 fully saturated rings. The van der Waals surface area contributed by atoms with E-state index in [1.807, 2.05) is 0 Å². The van der Waals surface area contributed by atoms with Crippen LogP contribution in [0.5, 0.6) is 0 Å². The molecular formula is C19H27N3O3S2. The maximum atomic E-state index is 12.0. The summed E-state index contributed by atoms with van der Waals surface area (Å²) in [6.45, 7) is 3.65. The number of thiocarbonyl (C=S) groups is 1.